The van der Waals surface area contributed by atoms with Crippen LogP contribution in [0.5, 0.6) is 0 Å². The topological polar surface area (TPSA) is 42.6 Å². The monoisotopic (exact) mass is 286 g/mol. The van der Waals surface area contributed by atoms with Gasteiger partial charge in [-0.1, -0.05) is 42.5 Å². The van der Waals surface area contributed by atoms with Gasteiger partial charge < -0.3 is 14.3 Å². The van der Waals surface area contributed by atoms with Crippen molar-refractivity contribution >= 4 is 11.0 Å². The summed E-state index contributed by atoms with van der Waals surface area (Å²) in [5, 5.41) is 11.6. The van der Waals surface area contributed by atoms with Gasteiger partial charge in [-0.05, 0) is 17.7 Å². The van der Waals surface area contributed by atoms with Crippen molar-refractivity contribution < 1.29 is 18.7 Å². The molecule has 3 nitrogen and oxygen atoms in total. The Morgan fingerprint density at radius 1 is 1.14 bits per heavy atom. The highest BCUT2D eigenvalue weighted by Gasteiger charge is 2.35. The van der Waals surface area contributed by atoms with Crippen molar-refractivity contribution in [1.29, 1.82) is 0 Å². The Balaban J connectivity index is 2.18. The van der Waals surface area contributed by atoms with Crippen molar-refractivity contribution in [2.45, 2.75) is 5.60 Å². The summed E-state index contributed by atoms with van der Waals surface area (Å²) >= 11 is 0. The van der Waals surface area contributed by atoms with Gasteiger partial charge >= 0.3 is 0 Å². The molecule has 21 heavy (non-hydrogen) atoms. The van der Waals surface area contributed by atoms with Crippen LogP contribution < -0.4 is 0 Å². The fraction of sp³-hybridized carbons (Fsp3) is 0.176. The van der Waals surface area contributed by atoms with Gasteiger partial charge in [0, 0.05) is 12.5 Å². The number of hydrogen-bond donors (Lipinski definition) is 1. The Hall–Kier alpha value is -2.17. The zero-order valence-electron chi connectivity index (χ0n) is 11.5. The Kier molecular flexibility index (Phi) is 3.49. The Morgan fingerprint density at radius 2 is 1.90 bits per heavy atom. The van der Waals surface area contributed by atoms with Gasteiger partial charge in [-0.3, -0.25) is 0 Å². The van der Waals surface area contributed by atoms with Crippen LogP contribution in [0.3, 0.4) is 0 Å². The largest absolute Gasteiger partial charge is 0.454 e. The van der Waals surface area contributed by atoms with E-state index < -0.39 is 11.4 Å². The third kappa shape index (κ3) is 2.33. The van der Waals surface area contributed by atoms with Gasteiger partial charge in [-0.25, -0.2) is 4.39 Å². The lowest BCUT2D eigenvalue weighted by molar-refractivity contribution is -0.0174. The van der Waals surface area contributed by atoms with Crippen molar-refractivity contribution in [3.63, 3.8) is 0 Å². The molecule has 3 aromatic rings. The van der Waals surface area contributed by atoms with Gasteiger partial charge in [0.05, 0.1) is 6.61 Å². The van der Waals surface area contributed by atoms with Gasteiger partial charge in [-0.2, -0.15) is 0 Å². The van der Waals surface area contributed by atoms with Crippen LogP contribution in [0, 0.1) is 5.82 Å². The molecule has 1 unspecified atom stereocenters. The van der Waals surface area contributed by atoms with Crippen molar-refractivity contribution in [2.75, 3.05) is 13.7 Å². The number of hydrogen-bond acceptors (Lipinski definition) is 3. The van der Waals surface area contributed by atoms with Crippen LogP contribution in [0.25, 0.3) is 11.0 Å². The summed E-state index contributed by atoms with van der Waals surface area (Å²) in [5.41, 5.74) is -0.689. The lowest BCUT2D eigenvalue weighted by Gasteiger charge is -2.25. The van der Waals surface area contributed by atoms with E-state index in [4.69, 9.17) is 9.15 Å². The van der Waals surface area contributed by atoms with E-state index in [-0.39, 0.29) is 18.0 Å². The number of aliphatic hydroxyl groups is 1. The van der Waals surface area contributed by atoms with E-state index in [1.807, 2.05) is 18.2 Å². The van der Waals surface area contributed by atoms with E-state index in [0.717, 1.165) is 0 Å². The van der Waals surface area contributed by atoms with Gasteiger partial charge in [0.15, 0.2) is 17.0 Å². The maximum absolute atomic E-state index is 13.8. The molecule has 0 spiro atoms. The fourth-order valence-electron chi connectivity index (χ4n) is 2.45. The average Bonchev–Trinajstić information content (AvgIpc) is 2.94. The van der Waals surface area contributed by atoms with Crippen molar-refractivity contribution in [3.05, 3.63) is 71.7 Å². The highest BCUT2D eigenvalue weighted by molar-refractivity contribution is 5.78. The summed E-state index contributed by atoms with van der Waals surface area (Å²) in [6.45, 7) is 0.0124. The number of benzene rings is 2. The zero-order valence-corrected chi connectivity index (χ0v) is 11.5. The normalized spacial score (nSPS) is 14.2. The second-order valence-electron chi connectivity index (χ2n) is 4.93. The molecule has 1 aromatic heterocycles. The molecule has 4 heteroatoms. The predicted molar refractivity (Wildman–Crippen MR) is 77.5 cm³/mol. The number of fused-ring (bicyclic) bond motifs is 1. The Bertz CT molecular complexity index is 751. The van der Waals surface area contributed by atoms with Crippen LogP contribution in [0.4, 0.5) is 4.39 Å². The maximum Gasteiger partial charge on any atom is 0.170 e. The molecule has 0 amide bonds. The summed E-state index contributed by atoms with van der Waals surface area (Å²) in [6.07, 6.45) is 0. The van der Waals surface area contributed by atoms with Crippen LogP contribution in [0.2, 0.25) is 0 Å². The molecule has 3 rings (SSSR count). The number of furan rings is 1. The lowest BCUT2D eigenvalue weighted by atomic mass is 9.92. The molecule has 1 heterocycles. The van der Waals surface area contributed by atoms with Gasteiger partial charge in [-0.15, -0.1) is 0 Å². The van der Waals surface area contributed by atoms with Gasteiger partial charge in [0.25, 0.3) is 0 Å². The molecular weight excluding hydrogens is 271 g/mol. The smallest absolute Gasteiger partial charge is 0.170 e. The molecule has 1 N–H and O–H groups in total. The molecule has 0 aliphatic heterocycles. The SMILES string of the molecule is COCC(O)(c1ccccc1)c1cc2cccc(F)c2o1. The highest BCUT2D eigenvalue weighted by Crippen LogP contribution is 2.34. The van der Waals surface area contributed by atoms with Crippen LogP contribution in [0.1, 0.15) is 11.3 Å². The number of methoxy groups -OCH3 is 1. The first-order valence-electron chi connectivity index (χ1n) is 6.60. The number of ether oxygens (including phenoxy) is 1. The van der Waals surface area contributed by atoms with E-state index in [1.165, 1.54) is 13.2 Å². The van der Waals surface area contributed by atoms with E-state index in [0.29, 0.717) is 10.9 Å². The number of halogens is 1. The second kappa shape index (κ2) is 5.31. The van der Waals surface area contributed by atoms with Crippen molar-refractivity contribution in [2.24, 2.45) is 0 Å². The second-order valence-corrected chi connectivity index (χ2v) is 4.93. The lowest BCUT2D eigenvalue weighted by Crippen LogP contribution is -2.32. The summed E-state index contributed by atoms with van der Waals surface area (Å²) in [5.74, 6) is -0.192. The highest BCUT2D eigenvalue weighted by atomic mass is 19.1. The van der Waals surface area contributed by atoms with E-state index in [1.54, 1.807) is 30.3 Å². The quantitative estimate of drug-likeness (QED) is 0.798. The minimum Gasteiger partial charge on any atom is -0.454 e. The zero-order chi connectivity index (χ0) is 14.9. The fourth-order valence-corrected chi connectivity index (χ4v) is 2.45. The minimum atomic E-state index is -1.46. The predicted octanol–water partition coefficient (Wildman–Crippen LogP) is 3.45. The molecule has 0 radical (unpaired) electrons. The summed E-state index contributed by atoms with van der Waals surface area (Å²) < 4.78 is 24.5. The number of para-hydroxylation sites is 1. The first kappa shape index (κ1) is 13.8. The van der Waals surface area contributed by atoms with Crippen molar-refractivity contribution in [1.82, 2.24) is 0 Å². The van der Waals surface area contributed by atoms with E-state index in [9.17, 15) is 9.50 Å². The third-order valence-corrected chi connectivity index (χ3v) is 3.51. The molecule has 0 aliphatic rings. The third-order valence-electron chi connectivity index (χ3n) is 3.51. The molecule has 0 bridgehead atoms. The molecule has 2 aromatic carbocycles. The molecule has 0 saturated carbocycles. The standard InChI is InChI=1S/C17H15FO3/c1-20-11-17(19,13-7-3-2-4-8-13)15-10-12-6-5-9-14(18)16(12)21-15/h2-10,19H,11H2,1H3. The van der Waals surface area contributed by atoms with E-state index in [2.05, 4.69) is 0 Å². The maximum atomic E-state index is 13.8. The molecule has 0 fully saturated rings. The summed E-state index contributed by atoms with van der Waals surface area (Å²) in [4.78, 5) is 0. The Morgan fingerprint density at radius 3 is 2.57 bits per heavy atom. The molecular formula is C17H15FO3. The summed E-state index contributed by atoms with van der Waals surface area (Å²) in [6, 6.07) is 15.4. The average molecular weight is 286 g/mol. The van der Waals surface area contributed by atoms with Crippen LogP contribution in [-0.4, -0.2) is 18.8 Å². The molecule has 1 atom stereocenters. The Labute approximate surface area is 121 Å². The summed E-state index contributed by atoms with van der Waals surface area (Å²) in [7, 11) is 1.50. The first-order chi connectivity index (χ1) is 10.1. The number of rotatable bonds is 4. The van der Waals surface area contributed by atoms with Crippen LogP contribution >= 0.6 is 0 Å². The first-order valence-corrected chi connectivity index (χ1v) is 6.60. The molecule has 108 valence electrons. The molecule has 0 aliphatic carbocycles. The van der Waals surface area contributed by atoms with Gasteiger partial charge in [0.2, 0.25) is 0 Å². The van der Waals surface area contributed by atoms with Gasteiger partial charge in [0.1, 0.15) is 5.76 Å². The minimum absolute atomic E-state index is 0.0124. The van der Waals surface area contributed by atoms with Crippen molar-refractivity contribution in [3.8, 4) is 0 Å². The van der Waals surface area contributed by atoms with Crippen LogP contribution in [0.15, 0.2) is 59.0 Å². The van der Waals surface area contributed by atoms with Crippen LogP contribution in [-0.2, 0) is 10.3 Å². The molecule has 0 saturated heterocycles. The van der Waals surface area contributed by atoms with E-state index >= 15 is 0 Å².